The zero-order chi connectivity index (χ0) is 14.8. The monoisotopic (exact) mass is 314 g/mol. The van der Waals surface area contributed by atoms with E-state index in [0.717, 1.165) is 12.2 Å². The second-order valence-electron chi connectivity index (χ2n) is 6.09. The van der Waals surface area contributed by atoms with Gasteiger partial charge in [-0.2, -0.15) is 0 Å². The highest BCUT2D eigenvalue weighted by atomic mass is 35.5. The van der Waals surface area contributed by atoms with E-state index < -0.39 is 6.10 Å². The van der Waals surface area contributed by atoms with Crippen molar-refractivity contribution in [3.8, 4) is 0 Å². The van der Waals surface area contributed by atoms with Crippen LogP contribution in [0.25, 0.3) is 0 Å². The Morgan fingerprint density at radius 2 is 2.00 bits per heavy atom. The van der Waals surface area contributed by atoms with Crippen molar-refractivity contribution in [1.82, 2.24) is 9.97 Å². The number of hydrogen-bond acceptors (Lipinski definition) is 5. The summed E-state index contributed by atoms with van der Waals surface area (Å²) in [5, 5.41) is 2.78. The van der Waals surface area contributed by atoms with Gasteiger partial charge in [-0.1, -0.05) is 20.8 Å². The van der Waals surface area contributed by atoms with Gasteiger partial charge in [0.25, 0.3) is 5.91 Å². The molecule has 2 rings (SSSR count). The van der Waals surface area contributed by atoms with E-state index in [2.05, 4.69) is 15.3 Å². The van der Waals surface area contributed by atoms with E-state index in [9.17, 15) is 4.79 Å². The molecule has 1 fully saturated rings. The van der Waals surface area contributed by atoms with Crippen molar-refractivity contribution in [3.63, 3.8) is 0 Å². The van der Waals surface area contributed by atoms with Crippen molar-refractivity contribution in [2.75, 3.05) is 11.9 Å². The molecule has 1 aliphatic heterocycles. The Hall–Kier alpha value is -1.24. The highest BCUT2D eigenvalue weighted by molar-refractivity contribution is 5.94. The normalized spacial score (nSPS) is 21.7. The lowest BCUT2D eigenvalue weighted by molar-refractivity contribution is -0.126. The van der Waals surface area contributed by atoms with Gasteiger partial charge in [0.2, 0.25) is 0 Å². The number of nitrogens with two attached hydrogens (primary N) is 1. The van der Waals surface area contributed by atoms with Crippen molar-refractivity contribution in [3.05, 3.63) is 18.2 Å². The minimum atomic E-state index is -0.425. The third-order valence-corrected chi connectivity index (χ3v) is 3.25. The largest absolute Gasteiger partial charge is 0.364 e. The molecule has 2 heterocycles. The molecule has 118 valence electrons. The van der Waals surface area contributed by atoms with Crippen LogP contribution in [-0.4, -0.2) is 34.6 Å². The zero-order valence-electron chi connectivity index (χ0n) is 12.6. The van der Waals surface area contributed by atoms with Gasteiger partial charge in [-0.15, -0.1) is 12.4 Å². The molecular weight excluding hydrogens is 292 g/mol. The molecule has 0 radical (unpaired) electrons. The van der Waals surface area contributed by atoms with Crippen molar-refractivity contribution >= 4 is 24.0 Å². The van der Waals surface area contributed by atoms with E-state index in [4.69, 9.17) is 10.5 Å². The van der Waals surface area contributed by atoms with Crippen molar-refractivity contribution < 1.29 is 9.53 Å². The van der Waals surface area contributed by atoms with Crippen LogP contribution in [0.15, 0.2) is 12.4 Å². The summed E-state index contributed by atoms with van der Waals surface area (Å²) in [6.45, 7) is 6.58. The number of carbonyl (C=O) groups excluding carboxylic acids is 1. The number of aromatic nitrogens is 2. The first-order chi connectivity index (χ1) is 9.40. The number of anilines is 1. The fourth-order valence-electron chi connectivity index (χ4n) is 2.07. The molecule has 0 aliphatic carbocycles. The minimum absolute atomic E-state index is 0. The molecule has 0 spiro atoms. The first-order valence-corrected chi connectivity index (χ1v) is 6.89. The van der Waals surface area contributed by atoms with Gasteiger partial charge in [0.15, 0.2) is 0 Å². The van der Waals surface area contributed by atoms with E-state index in [1.54, 1.807) is 12.4 Å². The number of carbonyl (C=O) groups is 1. The Labute approximate surface area is 131 Å². The summed E-state index contributed by atoms with van der Waals surface area (Å²) in [4.78, 5) is 20.6. The van der Waals surface area contributed by atoms with E-state index >= 15 is 0 Å². The summed E-state index contributed by atoms with van der Waals surface area (Å²) < 4.78 is 5.54. The first kappa shape index (κ1) is 17.8. The van der Waals surface area contributed by atoms with Gasteiger partial charge >= 0.3 is 0 Å². The van der Waals surface area contributed by atoms with Gasteiger partial charge in [-0.05, 0) is 12.8 Å². The fourth-order valence-corrected chi connectivity index (χ4v) is 2.07. The lowest BCUT2D eigenvalue weighted by Gasteiger charge is -2.16. The molecule has 2 atom stereocenters. The van der Waals surface area contributed by atoms with Crippen LogP contribution in [0, 0.1) is 0 Å². The van der Waals surface area contributed by atoms with Gasteiger partial charge in [0, 0.05) is 12.0 Å². The lowest BCUT2D eigenvalue weighted by atomic mass is 9.96. The summed E-state index contributed by atoms with van der Waals surface area (Å²) in [6, 6.07) is 0. The van der Waals surface area contributed by atoms with Crippen LogP contribution in [0.2, 0.25) is 0 Å². The molecule has 1 amide bonds. The molecule has 7 heteroatoms. The zero-order valence-corrected chi connectivity index (χ0v) is 13.4. The Balaban J connectivity index is 0.00000220. The number of hydrogen-bond donors (Lipinski definition) is 2. The van der Waals surface area contributed by atoms with Crippen molar-refractivity contribution in [2.45, 2.75) is 51.2 Å². The van der Waals surface area contributed by atoms with Gasteiger partial charge in [-0.25, -0.2) is 9.97 Å². The Kier molecular flexibility index (Phi) is 6.07. The molecule has 21 heavy (non-hydrogen) atoms. The molecule has 0 bridgehead atoms. The number of nitrogens with zero attached hydrogens (tertiary/aromatic N) is 2. The van der Waals surface area contributed by atoms with Crippen LogP contribution < -0.4 is 11.1 Å². The Bertz CT molecular complexity index is 473. The predicted molar refractivity (Wildman–Crippen MR) is 83.6 cm³/mol. The van der Waals surface area contributed by atoms with Crippen LogP contribution in [0.5, 0.6) is 0 Å². The minimum Gasteiger partial charge on any atom is -0.364 e. The summed E-state index contributed by atoms with van der Waals surface area (Å²) in [5.74, 6) is 0.587. The first-order valence-electron chi connectivity index (χ1n) is 6.89. The summed E-state index contributed by atoms with van der Waals surface area (Å²) >= 11 is 0. The maximum absolute atomic E-state index is 12.0. The van der Waals surface area contributed by atoms with Gasteiger partial charge in [-0.3, -0.25) is 4.79 Å². The van der Waals surface area contributed by atoms with Crippen LogP contribution >= 0.6 is 12.4 Å². The summed E-state index contributed by atoms with van der Waals surface area (Å²) in [6.07, 6.45) is 4.35. The van der Waals surface area contributed by atoms with Crippen LogP contribution in [-0.2, 0) is 14.9 Å². The molecule has 1 aromatic heterocycles. The average Bonchev–Trinajstić information content (AvgIpc) is 2.87. The molecule has 6 nitrogen and oxygen atoms in total. The number of halogens is 1. The highest BCUT2D eigenvalue weighted by Crippen LogP contribution is 2.21. The van der Waals surface area contributed by atoms with E-state index in [1.807, 2.05) is 20.8 Å². The molecule has 1 aromatic rings. The van der Waals surface area contributed by atoms with E-state index in [1.165, 1.54) is 0 Å². The Morgan fingerprint density at radius 3 is 2.48 bits per heavy atom. The molecule has 0 aromatic carbocycles. The second kappa shape index (κ2) is 7.15. The number of amides is 1. The second-order valence-corrected chi connectivity index (χ2v) is 6.09. The van der Waals surface area contributed by atoms with Gasteiger partial charge < -0.3 is 15.8 Å². The fraction of sp³-hybridized carbons (Fsp3) is 0.643. The van der Waals surface area contributed by atoms with Crippen molar-refractivity contribution in [2.24, 2.45) is 5.73 Å². The summed E-state index contributed by atoms with van der Waals surface area (Å²) in [5.41, 5.74) is 6.01. The molecule has 0 unspecified atom stereocenters. The number of ether oxygens (including phenoxy) is 1. The Morgan fingerprint density at radius 1 is 1.38 bits per heavy atom. The molecular formula is C14H23ClN4O2. The van der Waals surface area contributed by atoms with Crippen LogP contribution in [0.1, 0.15) is 39.4 Å². The van der Waals surface area contributed by atoms with E-state index in [-0.39, 0.29) is 29.8 Å². The standard InChI is InChI=1S/C14H22N4O2.ClH/c1-14(2,3)13-16-7-9(8-17-13)18-12(19)11-5-4-10(6-15)20-11;/h7-8,10-11H,4-6,15H2,1-3H3,(H,18,19);1H/t10-,11+;/m1./s1. The SMILES string of the molecule is CC(C)(C)c1ncc(NC(=O)[C@@H]2CC[C@H](CN)O2)cn1.Cl. The molecule has 3 N–H and O–H groups in total. The van der Waals surface area contributed by atoms with Crippen LogP contribution in [0.4, 0.5) is 5.69 Å². The summed E-state index contributed by atoms with van der Waals surface area (Å²) in [7, 11) is 0. The quantitative estimate of drug-likeness (QED) is 0.885. The predicted octanol–water partition coefficient (Wildman–Crippen LogP) is 1.64. The molecule has 1 saturated heterocycles. The van der Waals surface area contributed by atoms with Gasteiger partial charge in [0.05, 0.1) is 24.2 Å². The third-order valence-electron chi connectivity index (χ3n) is 3.25. The van der Waals surface area contributed by atoms with Crippen molar-refractivity contribution in [1.29, 1.82) is 0 Å². The van der Waals surface area contributed by atoms with Gasteiger partial charge in [0.1, 0.15) is 11.9 Å². The lowest BCUT2D eigenvalue weighted by Crippen LogP contribution is -2.30. The maximum atomic E-state index is 12.0. The highest BCUT2D eigenvalue weighted by Gasteiger charge is 2.30. The molecule has 1 aliphatic rings. The van der Waals surface area contributed by atoms with E-state index in [0.29, 0.717) is 18.7 Å². The average molecular weight is 315 g/mol. The van der Waals surface area contributed by atoms with Crippen LogP contribution in [0.3, 0.4) is 0 Å². The number of rotatable bonds is 3. The topological polar surface area (TPSA) is 90.1 Å². The molecule has 0 saturated carbocycles. The number of nitrogens with one attached hydrogen (secondary N) is 1. The smallest absolute Gasteiger partial charge is 0.253 e. The third kappa shape index (κ3) is 4.62. The maximum Gasteiger partial charge on any atom is 0.253 e.